The van der Waals surface area contributed by atoms with Gasteiger partial charge in [-0.3, -0.25) is 0 Å². The van der Waals surface area contributed by atoms with Gasteiger partial charge in [-0.15, -0.1) is 0 Å². The third kappa shape index (κ3) is 2.03. The van der Waals surface area contributed by atoms with Crippen molar-refractivity contribution in [3.63, 3.8) is 0 Å². The number of ether oxygens (including phenoxy) is 1. The van der Waals surface area contributed by atoms with Crippen molar-refractivity contribution in [1.82, 2.24) is 0 Å². The van der Waals surface area contributed by atoms with Gasteiger partial charge in [0, 0.05) is 9.72 Å². The van der Waals surface area contributed by atoms with Crippen LogP contribution in [0, 0.1) is 4.78 Å². The van der Waals surface area contributed by atoms with Gasteiger partial charge in [-0.25, -0.2) is 8.99 Å². The highest BCUT2D eigenvalue weighted by molar-refractivity contribution is 9.10. The Balaban J connectivity index is 2.54. The molecule has 1 aliphatic carbocycles. The number of halogens is 1. The van der Waals surface area contributed by atoms with Gasteiger partial charge in [0.1, 0.15) is 5.75 Å². The Labute approximate surface area is 97.9 Å². The number of methoxy groups -OCH3 is 1. The van der Waals surface area contributed by atoms with Crippen molar-refractivity contribution in [2.24, 2.45) is 0 Å². The lowest BCUT2D eigenvalue weighted by molar-refractivity contribution is 0.403. The van der Waals surface area contributed by atoms with Gasteiger partial charge in [0.2, 0.25) is 0 Å². The molecule has 1 aromatic rings. The number of rotatable bonds is 3. The summed E-state index contributed by atoms with van der Waals surface area (Å²) in [7, 11) is -1.15. The summed E-state index contributed by atoms with van der Waals surface area (Å²) in [5.74, 6) is 0.546. The van der Waals surface area contributed by atoms with Crippen LogP contribution in [0.15, 0.2) is 27.6 Å². The Bertz CT molecular complexity index is 480. The second-order valence-corrected chi connectivity index (χ2v) is 6.82. The van der Waals surface area contributed by atoms with Gasteiger partial charge in [-0.2, -0.15) is 0 Å². The second kappa shape index (κ2) is 3.79. The van der Waals surface area contributed by atoms with E-state index in [1.54, 1.807) is 12.1 Å². The van der Waals surface area contributed by atoms with Gasteiger partial charge in [0.05, 0.1) is 21.7 Å². The average Bonchev–Trinajstić information content (AvgIpc) is 3.01. The third-order valence-corrected chi connectivity index (χ3v) is 5.32. The largest absolute Gasteiger partial charge is 0.495 e. The molecule has 1 atom stereocenters. The maximum Gasteiger partial charge on any atom is 0.135 e. The molecule has 1 aromatic carbocycles. The summed E-state index contributed by atoms with van der Waals surface area (Å²) in [6.45, 7) is 0. The van der Waals surface area contributed by atoms with E-state index in [4.69, 9.17) is 9.52 Å². The van der Waals surface area contributed by atoms with E-state index in [0.29, 0.717) is 10.6 Å². The fourth-order valence-corrected chi connectivity index (χ4v) is 3.89. The molecule has 2 rings (SSSR count). The predicted molar refractivity (Wildman–Crippen MR) is 62.8 cm³/mol. The van der Waals surface area contributed by atoms with Crippen molar-refractivity contribution in [3.8, 4) is 5.75 Å². The summed E-state index contributed by atoms with van der Waals surface area (Å²) in [6.07, 6.45) is 1.77. The smallest absolute Gasteiger partial charge is 0.135 e. The van der Waals surface area contributed by atoms with Crippen molar-refractivity contribution < 1.29 is 8.95 Å². The van der Waals surface area contributed by atoms with Gasteiger partial charge >= 0.3 is 0 Å². The highest BCUT2D eigenvalue weighted by Gasteiger charge is 2.35. The molecule has 0 bridgehead atoms. The maximum atomic E-state index is 12.2. The van der Waals surface area contributed by atoms with E-state index < -0.39 is 9.73 Å². The fourth-order valence-electron chi connectivity index (χ4n) is 1.47. The monoisotopic (exact) mass is 289 g/mol. The Morgan fingerprint density at radius 3 is 2.73 bits per heavy atom. The topological polar surface area (TPSA) is 50.1 Å². The van der Waals surface area contributed by atoms with Gasteiger partial charge in [0.15, 0.2) is 0 Å². The molecular formula is C10H12BrNO2S. The zero-order valence-electron chi connectivity index (χ0n) is 8.33. The quantitative estimate of drug-likeness (QED) is 0.930. The minimum Gasteiger partial charge on any atom is -0.495 e. The Morgan fingerprint density at radius 1 is 1.53 bits per heavy atom. The molecule has 1 unspecified atom stereocenters. The van der Waals surface area contributed by atoms with Gasteiger partial charge < -0.3 is 4.74 Å². The first kappa shape index (κ1) is 11.0. The molecule has 0 amide bonds. The van der Waals surface area contributed by atoms with Crippen LogP contribution in [0.2, 0.25) is 0 Å². The fraction of sp³-hybridized carbons (Fsp3) is 0.400. The minimum atomic E-state index is -2.69. The molecule has 0 spiro atoms. The van der Waals surface area contributed by atoms with Crippen LogP contribution < -0.4 is 4.74 Å². The zero-order valence-corrected chi connectivity index (χ0v) is 10.7. The Hall–Kier alpha value is -0.550. The molecule has 5 heteroatoms. The molecule has 3 nitrogen and oxygen atoms in total. The SMILES string of the molecule is COc1ccc(Br)cc1S(=N)(=O)C1CC1. The lowest BCUT2D eigenvalue weighted by atomic mass is 10.3. The lowest BCUT2D eigenvalue weighted by Crippen LogP contribution is -2.07. The van der Waals surface area contributed by atoms with E-state index in [1.165, 1.54) is 7.11 Å². The van der Waals surface area contributed by atoms with Crippen LogP contribution in [0.1, 0.15) is 12.8 Å². The van der Waals surface area contributed by atoms with Crippen molar-refractivity contribution in [1.29, 1.82) is 4.78 Å². The summed E-state index contributed by atoms with van der Waals surface area (Å²) in [5.41, 5.74) is 0. The van der Waals surface area contributed by atoms with E-state index in [0.717, 1.165) is 17.3 Å². The van der Waals surface area contributed by atoms with E-state index in [-0.39, 0.29) is 5.25 Å². The highest BCUT2D eigenvalue weighted by Crippen LogP contribution is 2.38. The molecule has 1 fully saturated rings. The molecule has 0 saturated heterocycles. The third-order valence-electron chi connectivity index (χ3n) is 2.45. The van der Waals surface area contributed by atoms with Crippen molar-refractivity contribution in [2.45, 2.75) is 23.0 Å². The molecule has 82 valence electrons. The van der Waals surface area contributed by atoms with Crippen LogP contribution in [-0.4, -0.2) is 16.6 Å². The van der Waals surface area contributed by atoms with E-state index in [1.807, 2.05) is 6.07 Å². The van der Waals surface area contributed by atoms with Crippen molar-refractivity contribution in [2.75, 3.05) is 7.11 Å². The van der Waals surface area contributed by atoms with Crippen LogP contribution in [0.4, 0.5) is 0 Å². The van der Waals surface area contributed by atoms with E-state index >= 15 is 0 Å². The summed E-state index contributed by atoms with van der Waals surface area (Å²) >= 11 is 3.32. The molecule has 1 saturated carbocycles. The van der Waals surface area contributed by atoms with Crippen LogP contribution >= 0.6 is 15.9 Å². The summed E-state index contributed by atoms with van der Waals surface area (Å²) in [5, 5.41) is 0.0145. The van der Waals surface area contributed by atoms with E-state index in [9.17, 15) is 4.21 Å². The minimum absolute atomic E-state index is 0.0145. The predicted octanol–water partition coefficient (Wildman–Crippen LogP) is 3.03. The molecule has 0 aromatic heterocycles. The first-order valence-corrected chi connectivity index (χ1v) is 7.08. The van der Waals surface area contributed by atoms with Crippen LogP contribution in [-0.2, 0) is 9.73 Å². The highest BCUT2D eigenvalue weighted by atomic mass is 79.9. The molecule has 0 aliphatic heterocycles. The molecule has 1 aliphatic rings. The van der Waals surface area contributed by atoms with Gasteiger partial charge in [-0.05, 0) is 31.0 Å². The van der Waals surface area contributed by atoms with Crippen LogP contribution in [0.3, 0.4) is 0 Å². The lowest BCUT2D eigenvalue weighted by Gasteiger charge is -2.11. The first-order chi connectivity index (χ1) is 7.05. The zero-order chi connectivity index (χ0) is 11.1. The number of hydrogen-bond donors (Lipinski definition) is 1. The molecular weight excluding hydrogens is 278 g/mol. The van der Waals surface area contributed by atoms with Crippen LogP contribution in [0.25, 0.3) is 0 Å². The number of benzene rings is 1. The number of nitrogens with one attached hydrogen (secondary N) is 1. The van der Waals surface area contributed by atoms with Gasteiger partial charge in [0.25, 0.3) is 0 Å². The van der Waals surface area contributed by atoms with Crippen molar-refractivity contribution >= 4 is 25.7 Å². The second-order valence-electron chi connectivity index (χ2n) is 3.60. The Morgan fingerprint density at radius 2 is 2.20 bits per heavy atom. The molecule has 1 N–H and O–H groups in total. The Kier molecular flexibility index (Phi) is 2.77. The number of hydrogen-bond acceptors (Lipinski definition) is 3. The molecule has 0 heterocycles. The van der Waals surface area contributed by atoms with Gasteiger partial charge in [-0.1, -0.05) is 15.9 Å². The van der Waals surface area contributed by atoms with E-state index in [2.05, 4.69) is 15.9 Å². The standard InChI is InChI=1S/C10H12BrNO2S/c1-14-9-5-2-7(11)6-10(9)15(12,13)8-3-4-8/h2,5-6,8,12H,3-4H2,1H3. The normalized spacial score (nSPS) is 19.6. The molecule has 15 heavy (non-hydrogen) atoms. The summed E-state index contributed by atoms with van der Waals surface area (Å²) in [4.78, 5) is 0.516. The van der Waals surface area contributed by atoms with Crippen LogP contribution in [0.5, 0.6) is 5.75 Å². The van der Waals surface area contributed by atoms with Crippen molar-refractivity contribution in [3.05, 3.63) is 22.7 Å². The molecule has 0 radical (unpaired) electrons. The average molecular weight is 290 g/mol. The summed E-state index contributed by atoms with van der Waals surface area (Å²) < 4.78 is 26.2. The first-order valence-electron chi connectivity index (χ1n) is 4.67. The maximum absolute atomic E-state index is 12.2. The summed E-state index contributed by atoms with van der Waals surface area (Å²) in [6, 6.07) is 5.30.